The maximum atomic E-state index is 13.6. The predicted octanol–water partition coefficient (Wildman–Crippen LogP) is 3.54. The van der Waals surface area contributed by atoms with Gasteiger partial charge < -0.3 is 19.1 Å². The molecule has 30 heavy (non-hydrogen) atoms. The minimum absolute atomic E-state index is 0.000327. The molecule has 3 aliphatic heterocycles. The van der Waals surface area contributed by atoms with Crippen LogP contribution in [-0.2, 0) is 19.1 Å². The first-order valence-corrected chi connectivity index (χ1v) is 11.6. The molecular weight excluding hydrogens is 450 g/mol. The average Bonchev–Trinajstić information content (AvgIpc) is 3.37. The van der Waals surface area contributed by atoms with E-state index >= 15 is 0 Å². The van der Waals surface area contributed by atoms with Gasteiger partial charge in [-0.05, 0) is 49.8 Å². The summed E-state index contributed by atoms with van der Waals surface area (Å²) in [5, 5.41) is 0. The Kier molecular flexibility index (Phi) is 5.35. The van der Waals surface area contributed by atoms with Crippen LogP contribution >= 0.6 is 15.9 Å². The van der Waals surface area contributed by atoms with Crippen LogP contribution in [-0.4, -0.2) is 53.9 Å². The normalized spacial score (nSPS) is 33.4. The molecule has 5 atom stereocenters. The smallest absolute Gasteiger partial charge is 0.290 e. The molecule has 1 saturated carbocycles. The van der Waals surface area contributed by atoms with Gasteiger partial charge in [-0.1, -0.05) is 28.1 Å². The van der Waals surface area contributed by atoms with Crippen molar-refractivity contribution in [3.63, 3.8) is 0 Å². The van der Waals surface area contributed by atoms with Gasteiger partial charge in [0.25, 0.3) is 5.91 Å². The molecule has 1 saturated heterocycles. The second kappa shape index (κ2) is 8.00. The SMILES string of the molecule is COc1ccc(C2C3=C(OC4CCC(Br)CC4C3=O)C(=O)N2CC2CCCO2)cc1. The number of hydrogen-bond acceptors (Lipinski definition) is 5. The summed E-state index contributed by atoms with van der Waals surface area (Å²) in [7, 11) is 1.62. The molecule has 6 nitrogen and oxygen atoms in total. The number of halogens is 1. The summed E-state index contributed by atoms with van der Waals surface area (Å²) in [5.41, 5.74) is 1.42. The van der Waals surface area contributed by atoms with Crippen LogP contribution in [0.1, 0.15) is 43.7 Å². The second-order valence-electron chi connectivity index (χ2n) is 8.55. The van der Waals surface area contributed by atoms with Gasteiger partial charge in [-0.2, -0.15) is 0 Å². The fourth-order valence-corrected chi connectivity index (χ4v) is 5.86. The number of carbonyl (C=O) groups excluding carboxylic acids is 2. The average molecular weight is 476 g/mol. The minimum atomic E-state index is -0.438. The third kappa shape index (κ3) is 3.36. The monoisotopic (exact) mass is 475 g/mol. The molecule has 0 bridgehead atoms. The minimum Gasteiger partial charge on any atom is -0.497 e. The van der Waals surface area contributed by atoms with Gasteiger partial charge in [0.2, 0.25) is 0 Å². The molecule has 5 rings (SSSR count). The van der Waals surface area contributed by atoms with Crippen molar-refractivity contribution >= 4 is 27.6 Å². The summed E-state index contributed by atoms with van der Waals surface area (Å²) >= 11 is 3.68. The first-order chi connectivity index (χ1) is 14.6. The zero-order valence-corrected chi connectivity index (χ0v) is 18.6. The molecule has 5 unspecified atom stereocenters. The Morgan fingerprint density at radius 1 is 1.17 bits per heavy atom. The number of ether oxygens (including phenoxy) is 3. The summed E-state index contributed by atoms with van der Waals surface area (Å²) < 4.78 is 17.3. The highest BCUT2D eigenvalue weighted by molar-refractivity contribution is 9.09. The third-order valence-corrected chi connectivity index (χ3v) is 7.57. The molecule has 1 aliphatic carbocycles. The van der Waals surface area contributed by atoms with Crippen molar-refractivity contribution in [3.8, 4) is 5.75 Å². The number of amides is 1. The van der Waals surface area contributed by atoms with Crippen LogP contribution < -0.4 is 4.74 Å². The summed E-state index contributed by atoms with van der Waals surface area (Å²) in [6, 6.07) is 7.17. The van der Waals surface area contributed by atoms with Gasteiger partial charge in [0.1, 0.15) is 11.9 Å². The van der Waals surface area contributed by atoms with E-state index in [4.69, 9.17) is 14.2 Å². The lowest BCUT2D eigenvalue weighted by Gasteiger charge is -2.37. The van der Waals surface area contributed by atoms with Gasteiger partial charge in [0.15, 0.2) is 11.5 Å². The van der Waals surface area contributed by atoms with E-state index in [-0.39, 0.29) is 35.6 Å². The van der Waals surface area contributed by atoms with Crippen LogP contribution in [0.2, 0.25) is 0 Å². The quantitative estimate of drug-likeness (QED) is 0.623. The second-order valence-corrected chi connectivity index (χ2v) is 9.84. The van der Waals surface area contributed by atoms with Gasteiger partial charge >= 0.3 is 0 Å². The highest BCUT2D eigenvalue weighted by Gasteiger charge is 2.53. The van der Waals surface area contributed by atoms with E-state index in [2.05, 4.69) is 15.9 Å². The van der Waals surface area contributed by atoms with Gasteiger partial charge in [0, 0.05) is 18.0 Å². The number of hydrogen-bond donors (Lipinski definition) is 0. The zero-order valence-electron chi connectivity index (χ0n) is 17.0. The topological polar surface area (TPSA) is 65.1 Å². The first kappa shape index (κ1) is 20.1. The first-order valence-electron chi connectivity index (χ1n) is 10.7. The number of fused-ring (bicyclic) bond motifs is 1. The molecule has 2 fully saturated rings. The number of benzene rings is 1. The van der Waals surface area contributed by atoms with E-state index in [1.165, 1.54) is 0 Å². The lowest BCUT2D eigenvalue weighted by atomic mass is 9.77. The molecule has 3 heterocycles. The van der Waals surface area contributed by atoms with Crippen LogP contribution in [0.5, 0.6) is 5.75 Å². The van der Waals surface area contributed by atoms with Crippen LogP contribution in [0.15, 0.2) is 35.6 Å². The van der Waals surface area contributed by atoms with Gasteiger partial charge in [0.05, 0.1) is 30.7 Å². The number of methoxy groups -OCH3 is 1. The standard InChI is InChI=1S/C23H26BrNO5/c1-28-15-7-4-13(5-8-15)20-19-21(26)17-11-14(24)6-9-18(17)30-22(19)23(27)25(20)12-16-3-2-10-29-16/h4-5,7-8,14,16-18,20H,2-3,6,9-12H2,1H3. The largest absolute Gasteiger partial charge is 0.497 e. The predicted molar refractivity (Wildman–Crippen MR) is 113 cm³/mol. The summed E-state index contributed by atoms with van der Waals surface area (Å²) in [5.74, 6) is 0.679. The van der Waals surface area contributed by atoms with Crippen molar-refractivity contribution in [2.45, 2.75) is 55.2 Å². The summed E-state index contributed by atoms with van der Waals surface area (Å²) in [6.45, 7) is 1.19. The fraction of sp³-hybridized carbons (Fsp3) is 0.565. The van der Waals surface area contributed by atoms with Crippen LogP contribution in [0.25, 0.3) is 0 Å². The van der Waals surface area contributed by atoms with E-state index in [9.17, 15) is 9.59 Å². The fourth-order valence-electron chi connectivity index (χ4n) is 5.19. The number of ketones is 1. The number of carbonyl (C=O) groups is 2. The molecule has 160 valence electrons. The molecule has 0 N–H and O–H groups in total. The van der Waals surface area contributed by atoms with Crippen molar-refractivity contribution in [2.24, 2.45) is 5.92 Å². The van der Waals surface area contributed by atoms with Crippen LogP contribution in [0, 0.1) is 5.92 Å². The van der Waals surface area contributed by atoms with Gasteiger partial charge in [-0.3, -0.25) is 9.59 Å². The summed E-state index contributed by atoms with van der Waals surface area (Å²) in [6.07, 6.45) is 4.21. The summed E-state index contributed by atoms with van der Waals surface area (Å²) in [4.78, 5) is 29.1. The Bertz CT molecular complexity index is 876. The number of Topliss-reactive ketones (excluding diaryl/α,β-unsaturated/α-hetero) is 1. The highest BCUT2D eigenvalue weighted by Crippen LogP contribution is 2.47. The number of rotatable bonds is 4. The molecular formula is C23H26BrNO5. The molecule has 4 aliphatic rings. The molecule has 7 heteroatoms. The molecule has 0 aromatic heterocycles. The molecule has 1 amide bonds. The Morgan fingerprint density at radius 3 is 2.67 bits per heavy atom. The maximum absolute atomic E-state index is 13.6. The van der Waals surface area contributed by atoms with Crippen molar-refractivity contribution in [1.82, 2.24) is 4.90 Å². The van der Waals surface area contributed by atoms with E-state index in [0.29, 0.717) is 16.9 Å². The third-order valence-electron chi connectivity index (χ3n) is 6.74. The van der Waals surface area contributed by atoms with E-state index < -0.39 is 6.04 Å². The lowest BCUT2D eigenvalue weighted by Crippen LogP contribution is -2.41. The zero-order chi connectivity index (χ0) is 20.8. The Labute approximate surface area is 184 Å². The molecule has 1 aromatic carbocycles. The molecule has 0 spiro atoms. The Balaban J connectivity index is 1.53. The number of alkyl halides is 1. The van der Waals surface area contributed by atoms with E-state index in [1.54, 1.807) is 12.0 Å². The molecule has 1 aromatic rings. The van der Waals surface area contributed by atoms with Crippen LogP contribution in [0.3, 0.4) is 0 Å². The van der Waals surface area contributed by atoms with Gasteiger partial charge in [-0.25, -0.2) is 0 Å². The van der Waals surface area contributed by atoms with Gasteiger partial charge in [-0.15, -0.1) is 0 Å². The van der Waals surface area contributed by atoms with Crippen molar-refractivity contribution in [1.29, 1.82) is 0 Å². The lowest BCUT2D eigenvalue weighted by molar-refractivity contribution is -0.136. The van der Waals surface area contributed by atoms with Crippen LogP contribution in [0.4, 0.5) is 0 Å². The maximum Gasteiger partial charge on any atom is 0.290 e. The highest BCUT2D eigenvalue weighted by atomic mass is 79.9. The number of nitrogens with zero attached hydrogens (tertiary/aromatic N) is 1. The van der Waals surface area contributed by atoms with Crippen molar-refractivity contribution in [2.75, 3.05) is 20.3 Å². The Morgan fingerprint density at radius 2 is 1.97 bits per heavy atom. The van der Waals surface area contributed by atoms with E-state index in [1.807, 2.05) is 24.3 Å². The van der Waals surface area contributed by atoms with Crippen molar-refractivity contribution < 1.29 is 23.8 Å². The Hall–Kier alpha value is -1.86. The van der Waals surface area contributed by atoms with Crippen molar-refractivity contribution in [3.05, 3.63) is 41.2 Å². The van der Waals surface area contributed by atoms with E-state index in [0.717, 1.165) is 50.0 Å². The molecule has 0 radical (unpaired) electrons.